The maximum Gasteiger partial charge on any atom is 0.138 e. The summed E-state index contributed by atoms with van der Waals surface area (Å²) in [5, 5.41) is 6.79. The maximum atomic E-state index is 4.49. The number of unbranched alkanes of at least 4 members (excludes halogenated alkanes) is 1. The Morgan fingerprint density at radius 2 is 1.62 bits per heavy atom. The quantitative estimate of drug-likeness (QED) is 0.414. The van der Waals surface area contributed by atoms with Crippen molar-refractivity contribution in [3.05, 3.63) is 66.3 Å². The van der Waals surface area contributed by atoms with Gasteiger partial charge >= 0.3 is 0 Å². The second kappa shape index (κ2) is 7.67. The zero-order valence-corrected chi connectivity index (χ0v) is 15.6. The second-order valence-corrected chi connectivity index (χ2v) is 7.13. The molecule has 4 heteroatoms. The Hall–Kier alpha value is -2.72. The van der Waals surface area contributed by atoms with Gasteiger partial charge in [-0.3, -0.25) is 0 Å². The maximum absolute atomic E-state index is 4.49. The van der Waals surface area contributed by atoms with Crippen LogP contribution >= 0.6 is 11.3 Å². The molecule has 0 amide bonds. The summed E-state index contributed by atoms with van der Waals surface area (Å²) in [6.07, 6.45) is 3.95. The van der Waals surface area contributed by atoms with Crippen LogP contribution in [0.1, 0.15) is 19.8 Å². The Kier molecular flexibility index (Phi) is 4.93. The van der Waals surface area contributed by atoms with E-state index >= 15 is 0 Å². The van der Waals surface area contributed by atoms with Crippen LogP contribution in [0, 0.1) is 0 Å². The van der Waals surface area contributed by atoms with Crippen LogP contribution in [0.15, 0.2) is 66.3 Å². The molecular formula is C22H21N3S. The number of fused-ring (bicyclic) bond motifs is 1. The average Bonchev–Trinajstić information content (AvgIpc) is 3.14. The number of hydrogen-bond acceptors (Lipinski definition) is 4. The van der Waals surface area contributed by atoms with E-state index in [1.54, 1.807) is 17.7 Å². The molecule has 4 aromatic rings. The van der Waals surface area contributed by atoms with Crippen LogP contribution in [0.5, 0.6) is 0 Å². The first-order valence-electron chi connectivity index (χ1n) is 8.98. The molecule has 0 fully saturated rings. The van der Waals surface area contributed by atoms with Gasteiger partial charge in [0.1, 0.15) is 17.0 Å². The Morgan fingerprint density at radius 3 is 2.38 bits per heavy atom. The first-order chi connectivity index (χ1) is 12.9. The zero-order chi connectivity index (χ0) is 17.8. The van der Waals surface area contributed by atoms with E-state index < -0.39 is 0 Å². The normalized spacial score (nSPS) is 11.0. The van der Waals surface area contributed by atoms with Gasteiger partial charge in [0, 0.05) is 17.5 Å². The molecule has 130 valence electrons. The minimum Gasteiger partial charge on any atom is -0.369 e. The molecule has 0 aliphatic rings. The molecule has 0 unspecified atom stereocenters. The molecule has 26 heavy (non-hydrogen) atoms. The summed E-state index contributed by atoms with van der Waals surface area (Å²) in [4.78, 5) is 9.96. The summed E-state index contributed by atoms with van der Waals surface area (Å²) in [6, 6.07) is 19.2. The molecule has 3 nitrogen and oxygen atoms in total. The SMILES string of the molecule is CCCCNc1ncnc2scc(-c3ccc(-c4ccccc4)cc3)c12. The summed E-state index contributed by atoms with van der Waals surface area (Å²) in [5.74, 6) is 0.937. The molecule has 0 radical (unpaired) electrons. The molecule has 2 heterocycles. The largest absolute Gasteiger partial charge is 0.369 e. The Morgan fingerprint density at radius 1 is 0.885 bits per heavy atom. The van der Waals surface area contributed by atoms with Crippen molar-refractivity contribution in [2.75, 3.05) is 11.9 Å². The highest BCUT2D eigenvalue weighted by Gasteiger charge is 2.13. The molecule has 2 aromatic heterocycles. The summed E-state index contributed by atoms with van der Waals surface area (Å²) in [6.45, 7) is 3.13. The zero-order valence-electron chi connectivity index (χ0n) is 14.8. The van der Waals surface area contributed by atoms with Crippen LogP contribution in [-0.4, -0.2) is 16.5 Å². The Balaban J connectivity index is 1.70. The van der Waals surface area contributed by atoms with Gasteiger partial charge in [-0.2, -0.15) is 0 Å². The lowest BCUT2D eigenvalue weighted by Gasteiger charge is -2.08. The van der Waals surface area contributed by atoms with Crippen molar-refractivity contribution in [3.8, 4) is 22.3 Å². The van der Waals surface area contributed by atoms with Gasteiger partial charge in [0.15, 0.2) is 0 Å². The standard InChI is InChI=1S/C22H21N3S/c1-2-3-13-23-21-20-19(14-26-22(20)25-15-24-21)18-11-9-17(10-12-18)16-7-5-4-6-8-16/h4-12,14-15H,2-3,13H2,1H3,(H,23,24,25). The molecule has 0 spiro atoms. The lowest BCUT2D eigenvalue weighted by Crippen LogP contribution is -2.03. The van der Waals surface area contributed by atoms with Crippen molar-refractivity contribution in [1.82, 2.24) is 9.97 Å². The van der Waals surface area contributed by atoms with Gasteiger partial charge in [-0.1, -0.05) is 67.9 Å². The highest BCUT2D eigenvalue weighted by molar-refractivity contribution is 7.17. The summed E-state index contributed by atoms with van der Waals surface area (Å²) in [7, 11) is 0. The van der Waals surface area contributed by atoms with Gasteiger partial charge in [-0.15, -0.1) is 11.3 Å². The highest BCUT2D eigenvalue weighted by atomic mass is 32.1. The van der Waals surface area contributed by atoms with Gasteiger partial charge in [-0.05, 0) is 23.1 Å². The number of nitrogens with zero attached hydrogens (tertiary/aromatic N) is 2. The predicted octanol–water partition coefficient (Wildman–Crippen LogP) is 6.24. The predicted molar refractivity (Wildman–Crippen MR) is 112 cm³/mol. The fourth-order valence-corrected chi connectivity index (χ4v) is 3.99. The molecule has 0 saturated carbocycles. The number of rotatable bonds is 6. The van der Waals surface area contributed by atoms with Crippen LogP contribution in [0.2, 0.25) is 0 Å². The van der Waals surface area contributed by atoms with Crippen LogP contribution in [0.3, 0.4) is 0 Å². The molecular weight excluding hydrogens is 338 g/mol. The van der Waals surface area contributed by atoms with E-state index in [0.29, 0.717) is 0 Å². The fraction of sp³-hybridized carbons (Fsp3) is 0.182. The Bertz CT molecular complexity index is 991. The van der Waals surface area contributed by atoms with Crippen LogP contribution in [0.4, 0.5) is 5.82 Å². The fourth-order valence-electron chi connectivity index (χ4n) is 3.08. The van der Waals surface area contributed by atoms with Gasteiger partial charge in [0.25, 0.3) is 0 Å². The van der Waals surface area contributed by atoms with Crippen molar-refractivity contribution in [2.45, 2.75) is 19.8 Å². The van der Waals surface area contributed by atoms with Crippen molar-refractivity contribution in [2.24, 2.45) is 0 Å². The van der Waals surface area contributed by atoms with Gasteiger partial charge in [0.05, 0.1) is 5.39 Å². The third-order valence-electron chi connectivity index (χ3n) is 4.50. The van der Waals surface area contributed by atoms with Crippen molar-refractivity contribution >= 4 is 27.4 Å². The Labute approximate surface area is 157 Å². The lowest BCUT2D eigenvalue weighted by atomic mass is 10.0. The third-order valence-corrected chi connectivity index (χ3v) is 5.38. The van der Waals surface area contributed by atoms with E-state index in [1.807, 2.05) is 6.07 Å². The molecule has 0 atom stereocenters. The van der Waals surface area contributed by atoms with Crippen molar-refractivity contribution in [1.29, 1.82) is 0 Å². The highest BCUT2D eigenvalue weighted by Crippen LogP contribution is 2.37. The summed E-state index contributed by atoms with van der Waals surface area (Å²) < 4.78 is 0. The summed E-state index contributed by atoms with van der Waals surface area (Å²) in [5.41, 5.74) is 4.86. The second-order valence-electron chi connectivity index (χ2n) is 6.28. The van der Waals surface area contributed by atoms with E-state index in [-0.39, 0.29) is 0 Å². The first kappa shape index (κ1) is 16.7. The van der Waals surface area contributed by atoms with E-state index in [0.717, 1.165) is 29.0 Å². The minimum absolute atomic E-state index is 0.935. The van der Waals surface area contributed by atoms with E-state index in [1.165, 1.54) is 28.7 Å². The van der Waals surface area contributed by atoms with Crippen molar-refractivity contribution < 1.29 is 0 Å². The lowest BCUT2D eigenvalue weighted by molar-refractivity contribution is 0.831. The van der Waals surface area contributed by atoms with E-state index in [2.05, 4.69) is 76.1 Å². The third kappa shape index (κ3) is 3.33. The molecule has 0 aliphatic heterocycles. The summed E-state index contributed by atoms with van der Waals surface area (Å²) >= 11 is 1.67. The van der Waals surface area contributed by atoms with Crippen LogP contribution in [-0.2, 0) is 0 Å². The molecule has 1 N–H and O–H groups in total. The number of hydrogen-bond donors (Lipinski definition) is 1. The van der Waals surface area contributed by atoms with Crippen LogP contribution < -0.4 is 5.32 Å². The van der Waals surface area contributed by atoms with E-state index in [4.69, 9.17) is 0 Å². The van der Waals surface area contributed by atoms with E-state index in [9.17, 15) is 0 Å². The molecule has 2 aromatic carbocycles. The molecule has 0 aliphatic carbocycles. The molecule has 0 saturated heterocycles. The number of aromatic nitrogens is 2. The molecule has 0 bridgehead atoms. The number of thiophene rings is 1. The van der Waals surface area contributed by atoms with Gasteiger partial charge in [-0.25, -0.2) is 9.97 Å². The smallest absolute Gasteiger partial charge is 0.138 e. The van der Waals surface area contributed by atoms with Crippen molar-refractivity contribution in [3.63, 3.8) is 0 Å². The topological polar surface area (TPSA) is 37.8 Å². The van der Waals surface area contributed by atoms with Crippen LogP contribution in [0.25, 0.3) is 32.5 Å². The number of nitrogens with one attached hydrogen (secondary N) is 1. The number of anilines is 1. The van der Waals surface area contributed by atoms with Gasteiger partial charge in [0.2, 0.25) is 0 Å². The minimum atomic E-state index is 0.935. The monoisotopic (exact) mass is 359 g/mol. The average molecular weight is 359 g/mol. The van der Waals surface area contributed by atoms with Gasteiger partial charge < -0.3 is 5.32 Å². The number of benzene rings is 2. The molecule has 4 rings (SSSR count). The first-order valence-corrected chi connectivity index (χ1v) is 9.86.